The molecule has 2 rings (SSSR count). The number of carbonyl (C=O) groups is 1. The molecule has 116 valence electrons. The van der Waals surface area contributed by atoms with E-state index in [2.05, 4.69) is 15.9 Å². The van der Waals surface area contributed by atoms with Crippen molar-refractivity contribution in [2.75, 3.05) is 18.8 Å². The van der Waals surface area contributed by atoms with E-state index in [1.165, 1.54) is 4.31 Å². The van der Waals surface area contributed by atoms with Crippen LogP contribution >= 0.6 is 15.9 Å². The van der Waals surface area contributed by atoms with Crippen LogP contribution < -0.4 is 4.74 Å². The lowest BCUT2D eigenvalue weighted by Gasteiger charge is -2.30. The van der Waals surface area contributed by atoms with Gasteiger partial charge in [-0.25, -0.2) is 12.7 Å². The molecule has 1 aliphatic rings. The van der Waals surface area contributed by atoms with Crippen molar-refractivity contribution < 1.29 is 17.9 Å². The van der Waals surface area contributed by atoms with E-state index in [1.807, 2.05) is 6.07 Å². The molecule has 1 aromatic rings. The van der Waals surface area contributed by atoms with Crippen molar-refractivity contribution in [2.45, 2.75) is 19.8 Å². The lowest BCUT2D eigenvalue weighted by Crippen LogP contribution is -2.43. The fraction of sp³-hybridized carbons (Fsp3) is 0.500. The number of sulfonamides is 1. The standard InChI is InChI=1S/C14H18BrNO4S/c1-2-21(18,19)16-9-5-6-11(10-16)14(17)20-13-8-4-3-7-12(13)15/h3-4,7-8,11H,2,5-6,9-10H2,1H3/t11-/m1/s1. The number of hydrogen-bond acceptors (Lipinski definition) is 4. The lowest BCUT2D eigenvalue weighted by molar-refractivity contribution is -0.140. The number of piperidine rings is 1. The zero-order valence-electron chi connectivity index (χ0n) is 11.8. The first kappa shape index (κ1) is 16.5. The summed E-state index contributed by atoms with van der Waals surface area (Å²) in [4.78, 5) is 12.2. The number of halogens is 1. The molecule has 0 amide bonds. The Morgan fingerprint density at radius 2 is 2.14 bits per heavy atom. The van der Waals surface area contributed by atoms with Crippen LogP contribution in [0.1, 0.15) is 19.8 Å². The van der Waals surface area contributed by atoms with Crippen LogP contribution in [0.25, 0.3) is 0 Å². The van der Waals surface area contributed by atoms with Crippen LogP contribution in [0.3, 0.4) is 0 Å². The highest BCUT2D eigenvalue weighted by atomic mass is 79.9. The van der Waals surface area contributed by atoms with Gasteiger partial charge in [-0.05, 0) is 47.8 Å². The number of benzene rings is 1. The summed E-state index contributed by atoms with van der Waals surface area (Å²) in [5.74, 6) is -0.276. The first-order chi connectivity index (χ1) is 9.94. The molecule has 5 nitrogen and oxygen atoms in total. The van der Waals surface area contributed by atoms with Crippen LogP contribution in [-0.2, 0) is 14.8 Å². The molecule has 21 heavy (non-hydrogen) atoms. The first-order valence-electron chi connectivity index (χ1n) is 6.88. The summed E-state index contributed by atoms with van der Waals surface area (Å²) in [6.07, 6.45) is 1.33. The van der Waals surface area contributed by atoms with E-state index in [0.29, 0.717) is 29.6 Å². The second kappa shape index (κ2) is 6.89. The van der Waals surface area contributed by atoms with Crippen molar-refractivity contribution in [3.8, 4) is 5.75 Å². The molecular formula is C14H18BrNO4S. The number of hydrogen-bond donors (Lipinski definition) is 0. The van der Waals surface area contributed by atoms with Crippen LogP contribution in [0.4, 0.5) is 0 Å². The molecule has 0 unspecified atom stereocenters. The van der Waals surface area contributed by atoms with Gasteiger partial charge in [0.05, 0.1) is 16.1 Å². The van der Waals surface area contributed by atoms with Gasteiger partial charge >= 0.3 is 5.97 Å². The summed E-state index contributed by atoms with van der Waals surface area (Å²) in [6, 6.07) is 7.10. The van der Waals surface area contributed by atoms with Crippen molar-refractivity contribution in [2.24, 2.45) is 5.92 Å². The SMILES string of the molecule is CCS(=O)(=O)N1CCC[C@@H](C(=O)Oc2ccccc2Br)C1. The molecule has 1 aliphatic heterocycles. The lowest BCUT2D eigenvalue weighted by atomic mass is 10.00. The van der Waals surface area contributed by atoms with Gasteiger partial charge in [-0.15, -0.1) is 0 Å². The Morgan fingerprint density at radius 3 is 2.81 bits per heavy atom. The number of esters is 1. The fourth-order valence-electron chi connectivity index (χ4n) is 2.29. The molecule has 0 N–H and O–H groups in total. The van der Waals surface area contributed by atoms with Crippen LogP contribution in [0.2, 0.25) is 0 Å². The molecule has 0 radical (unpaired) electrons. The highest BCUT2D eigenvalue weighted by Crippen LogP contribution is 2.27. The van der Waals surface area contributed by atoms with Crippen LogP contribution in [0.5, 0.6) is 5.75 Å². The number of carbonyl (C=O) groups excluding carboxylic acids is 1. The van der Waals surface area contributed by atoms with Gasteiger partial charge in [0.2, 0.25) is 10.0 Å². The molecule has 0 bridgehead atoms. The molecule has 1 saturated heterocycles. The van der Waals surface area contributed by atoms with E-state index < -0.39 is 15.9 Å². The maximum absolute atomic E-state index is 12.2. The van der Waals surface area contributed by atoms with Gasteiger partial charge in [0.1, 0.15) is 5.75 Å². The van der Waals surface area contributed by atoms with Gasteiger partial charge in [0.15, 0.2) is 0 Å². The van der Waals surface area contributed by atoms with E-state index in [0.717, 1.165) is 0 Å². The quantitative estimate of drug-likeness (QED) is 0.598. The van der Waals surface area contributed by atoms with Gasteiger partial charge in [0.25, 0.3) is 0 Å². The Labute approximate surface area is 133 Å². The number of para-hydroxylation sites is 1. The monoisotopic (exact) mass is 375 g/mol. The highest BCUT2D eigenvalue weighted by molar-refractivity contribution is 9.10. The zero-order valence-corrected chi connectivity index (χ0v) is 14.2. The third-order valence-electron chi connectivity index (χ3n) is 3.52. The van der Waals surface area contributed by atoms with Crippen LogP contribution in [0, 0.1) is 5.92 Å². The van der Waals surface area contributed by atoms with E-state index in [1.54, 1.807) is 25.1 Å². The minimum Gasteiger partial charge on any atom is -0.425 e. The minimum absolute atomic E-state index is 0.0546. The normalized spacial score (nSPS) is 20.2. The average molecular weight is 376 g/mol. The second-order valence-electron chi connectivity index (χ2n) is 4.95. The smallest absolute Gasteiger partial charge is 0.315 e. The molecule has 1 aromatic carbocycles. The Kier molecular flexibility index (Phi) is 5.40. The topological polar surface area (TPSA) is 63.7 Å². The molecule has 0 aliphatic carbocycles. The summed E-state index contributed by atoms with van der Waals surface area (Å²) in [5.41, 5.74) is 0. The van der Waals surface area contributed by atoms with Gasteiger partial charge in [0, 0.05) is 13.1 Å². The molecular weight excluding hydrogens is 358 g/mol. The number of nitrogens with zero attached hydrogens (tertiary/aromatic N) is 1. The maximum atomic E-state index is 12.2. The Bertz CT molecular complexity index is 617. The number of rotatable bonds is 4. The van der Waals surface area contributed by atoms with Crippen molar-refractivity contribution in [1.82, 2.24) is 4.31 Å². The second-order valence-corrected chi connectivity index (χ2v) is 8.06. The Hall–Kier alpha value is -0.920. The Morgan fingerprint density at radius 1 is 1.43 bits per heavy atom. The van der Waals surface area contributed by atoms with Gasteiger partial charge in [-0.1, -0.05) is 12.1 Å². The van der Waals surface area contributed by atoms with Crippen LogP contribution in [0.15, 0.2) is 28.7 Å². The zero-order chi connectivity index (χ0) is 15.5. The largest absolute Gasteiger partial charge is 0.425 e. The van der Waals surface area contributed by atoms with E-state index in [9.17, 15) is 13.2 Å². The molecule has 7 heteroatoms. The summed E-state index contributed by atoms with van der Waals surface area (Å²) < 4.78 is 31.3. The summed E-state index contributed by atoms with van der Waals surface area (Å²) >= 11 is 3.32. The van der Waals surface area contributed by atoms with E-state index in [-0.39, 0.29) is 18.3 Å². The van der Waals surface area contributed by atoms with E-state index >= 15 is 0 Å². The summed E-state index contributed by atoms with van der Waals surface area (Å²) in [6.45, 7) is 2.30. The Balaban J connectivity index is 2.05. The number of ether oxygens (including phenoxy) is 1. The molecule has 0 saturated carbocycles. The van der Waals surface area contributed by atoms with Crippen molar-refractivity contribution in [3.63, 3.8) is 0 Å². The molecule has 1 fully saturated rings. The summed E-state index contributed by atoms with van der Waals surface area (Å²) in [7, 11) is -3.25. The van der Waals surface area contributed by atoms with Crippen molar-refractivity contribution in [1.29, 1.82) is 0 Å². The molecule has 1 heterocycles. The predicted octanol–water partition coefficient (Wildman–Crippen LogP) is 2.42. The van der Waals surface area contributed by atoms with Gasteiger partial charge in [-0.3, -0.25) is 4.79 Å². The van der Waals surface area contributed by atoms with Gasteiger partial charge < -0.3 is 4.74 Å². The highest BCUT2D eigenvalue weighted by Gasteiger charge is 2.32. The molecule has 1 atom stereocenters. The predicted molar refractivity (Wildman–Crippen MR) is 83.5 cm³/mol. The third-order valence-corrected chi connectivity index (χ3v) is 6.03. The third kappa shape index (κ3) is 4.05. The minimum atomic E-state index is -3.25. The fourth-order valence-corrected chi connectivity index (χ4v) is 3.83. The van der Waals surface area contributed by atoms with Crippen LogP contribution in [-0.4, -0.2) is 37.5 Å². The first-order valence-corrected chi connectivity index (χ1v) is 9.28. The molecule has 0 spiro atoms. The van der Waals surface area contributed by atoms with Gasteiger partial charge in [-0.2, -0.15) is 0 Å². The van der Waals surface area contributed by atoms with Crippen molar-refractivity contribution >= 4 is 31.9 Å². The average Bonchev–Trinajstić information content (AvgIpc) is 2.49. The maximum Gasteiger partial charge on any atom is 0.315 e. The summed E-state index contributed by atoms with van der Waals surface area (Å²) in [5, 5.41) is 0. The van der Waals surface area contributed by atoms with E-state index in [4.69, 9.17) is 4.74 Å². The van der Waals surface area contributed by atoms with Crippen molar-refractivity contribution in [3.05, 3.63) is 28.7 Å². The molecule has 0 aromatic heterocycles.